The van der Waals surface area contributed by atoms with Crippen LogP contribution < -0.4 is 10.2 Å². The number of thioether (sulfide) groups is 1. The Kier molecular flexibility index (Phi) is 4.73. The molecule has 0 unspecified atom stereocenters. The van der Waals surface area contributed by atoms with Gasteiger partial charge in [-0.1, -0.05) is 35.9 Å². The van der Waals surface area contributed by atoms with Gasteiger partial charge in [-0.3, -0.25) is 14.5 Å². The lowest BCUT2D eigenvalue weighted by molar-refractivity contribution is -0.115. The van der Waals surface area contributed by atoms with Crippen LogP contribution in [-0.4, -0.2) is 17.6 Å². The highest BCUT2D eigenvalue weighted by atomic mass is 32.2. The van der Waals surface area contributed by atoms with Gasteiger partial charge in [-0.15, -0.1) is 11.8 Å². The van der Waals surface area contributed by atoms with Crippen LogP contribution in [0.25, 0.3) is 0 Å². The van der Waals surface area contributed by atoms with Gasteiger partial charge in [0.25, 0.3) is 5.91 Å². The SMILES string of the molecule is Cc1ccc(N2C(=O)CS[C@H]2c2ccccc2NC(=O)c2ccco2)cc1. The highest BCUT2D eigenvalue weighted by molar-refractivity contribution is 8.00. The first-order valence-electron chi connectivity index (χ1n) is 8.57. The number of rotatable bonds is 4. The molecule has 2 aromatic carbocycles. The number of nitrogens with one attached hydrogen (secondary N) is 1. The summed E-state index contributed by atoms with van der Waals surface area (Å²) >= 11 is 1.55. The largest absolute Gasteiger partial charge is 0.459 e. The Morgan fingerprint density at radius 1 is 1.11 bits per heavy atom. The van der Waals surface area contributed by atoms with Gasteiger partial charge in [0.1, 0.15) is 5.37 Å². The fourth-order valence-corrected chi connectivity index (χ4v) is 4.27. The third-order valence-corrected chi connectivity index (χ3v) is 5.59. The third-order valence-electron chi connectivity index (χ3n) is 4.40. The molecular weight excluding hydrogens is 360 g/mol. The lowest BCUT2D eigenvalue weighted by atomic mass is 10.1. The van der Waals surface area contributed by atoms with E-state index < -0.39 is 0 Å². The second-order valence-electron chi connectivity index (χ2n) is 6.28. The maximum Gasteiger partial charge on any atom is 0.291 e. The molecular formula is C21H18N2O3S. The van der Waals surface area contributed by atoms with Gasteiger partial charge < -0.3 is 9.73 Å². The summed E-state index contributed by atoms with van der Waals surface area (Å²) in [5.41, 5.74) is 3.55. The van der Waals surface area contributed by atoms with Crippen molar-refractivity contribution in [2.24, 2.45) is 0 Å². The molecule has 1 aromatic heterocycles. The van der Waals surface area contributed by atoms with Gasteiger partial charge in [-0.25, -0.2) is 0 Å². The molecule has 5 nitrogen and oxygen atoms in total. The fourth-order valence-electron chi connectivity index (χ4n) is 3.06. The number of anilines is 2. The summed E-state index contributed by atoms with van der Waals surface area (Å²) < 4.78 is 5.17. The van der Waals surface area contributed by atoms with E-state index in [4.69, 9.17) is 4.42 Å². The van der Waals surface area contributed by atoms with Crippen molar-refractivity contribution in [2.45, 2.75) is 12.3 Å². The molecule has 0 aliphatic carbocycles. The summed E-state index contributed by atoms with van der Waals surface area (Å²) in [6.45, 7) is 2.02. The van der Waals surface area contributed by atoms with Gasteiger partial charge in [-0.05, 0) is 37.3 Å². The molecule has 2 amide bonds. The fraction of sp³-hybridized carbons (Fsp3) is 0.143. The quantitative estimate of drug-likeness (QED) is 0.720. The number of amides is 2. The van der Waals surface area contributed by atoms with Crippen LogP contribution in [0, 0.1) is 6.92 Å². The van der Waals surface area contributed by atoms with Crippen molar-refractivity contribution in [3.63, 3.8) is 0 Å². The van der Waals surface area contributed by atoms with E-state index >= 15 is 0 Å². The lowest BCUT2D eigenvalue weighted by Gasteiger charge is -2.26. The second kappa shape index (κ2) is 7.32. The van der Waals surface area contributed by atoms with Crippen molar-refractivity contribution in [1.29, 1.82) is 0 Å². The minimum absolute atomic E-state index is 0.0565. The normalized spacial score (nSPS) is 16.6. The molecule has 0 spiro atoms. The average Bonchev–Trinajstić information content (AvgIpc) is 3.33. The number of para-hydroxylation sites is 1. The first-order chi connectivity index (χ1) is 13.1. The number of nitrogens with zero attached hydrogens (tertiary/aromatic N) is 1. The monoisotopic (exact) mass is 378 g/mol. The van der Waals surface area contributed by atoms with E-state index in [1.807, 2.05) is 55.5 Å². The molecule has 1 atom stereocenters. The van der Waals surface area contributed by atoms with Gasteiger partial charge in [-0.2, -0.15) is 0 Å². The molecule has 136 valence electrons. The summed E-state index contributed by atoms with van der Waals surface area (Å²) in [5, 5.41) is 2.70. The molecule has 6 heteroatoms. The number of furan rings is 1. The minimum atomic E-state index is -0.316. The van der Waals surface area contributed by atoms with Crippen molar-refractivity contribution in [2.75, 3.05) is 16.0 Å². The predicted molar refractivity (Wildman–Crippen MR) is 107 cm³/mol. The smallest absolute Gasteiger partial charge is 0.291 e. The zero-order chi connectivity index (χ0) is 18.8. The van der Waals surface area contributed by atoms with E-state index in [9.17, 15) is 9.59 Å². The van der Waals surface area contributed by atoms with E-state index in [1.54, 1.807) is 28.8 Å². The van der Waals surface area contributed by atoms with Crippen LogP contribution in [0.3, 0.4) is 0 Å². The topological polar surface area (TPSA) is 62.6 Å². The second-order valence-corrected chi connectivity index (χ2v) is 7.35. The molecule has 27 heavy (non-hydrogen) atoms. The summed E-state index contributed by atoms with van der Waals surface area (Å²) in [7, 11) is 0. The summed E-state index contributed by atoms with van der Waals surface area (Å²) in [6, 6.07) is 18.7. The molecule has 2 heterocycles. The lowest BCUT2D eigenvalue weighted by Crippen LogP contribution is -2.28. The summed E-state index contributed by atoms with van der Waals surface area (Å²) in [4.78, 5) is 26.8. The van der Waals surface area contributed by atoms with E-state index in [0.29, 0.717) is 11.4 Å². The van der Waals surface area contributed by atoms with Crippen LogP contribution in [0.15, 0.2) is 71.3 Å². The van der Waals surface area contributed by atoms with Crippen LogP contribution in [-0.2, 0) is 4.79 Å². The van der Waals surface area contributed by atoms with E-state index in [0.717, 1.165) is 16.8 Å². The van der Waals surface area contributed by atoms with E-state index in [2.05, 4.69) is 5.32 Å². The Bertz CT molecular complexity index is 967. The Morgan fingerprint density at radius 2 is 1.89 bits per heavy atom. The first-order valence-corrected chi connectivity index (χ1v) is 9.62. The number of carbonyl (C=O) groups is 2. The Labute approximate surface area is 161 Å². The Hall–Kier alpha value is -2.99. The number of benzene rings is 2. The molecule has 1 N–H and O–H groups in total. The maximum atomic E-state index is 12.6. The summed E-state index contributed by atoms with van der Waals surface area (Å²) in [6.07, 6.45) is 1.46. The predicted octanol–water partition coefficient (Wildman–Crippen LogP) is 4.62. The molecule has 3 aromatic rings. The highest BCUT2D eigenvalue weighted by Crippen LogP contribution is 2.44. The number of hydrogen-bond donors (Lipinski definition) is 1. The van der Waals surface area contributed by atoms with Gasteiger partial charge in [0, 0.05) is 16.9 Å². The van der Waals surface area contributed by atoms with Crippen molar-refractivity contribution < 1.29 is 14.0 Å². The molecule has 1 fully saturated rings. The molecule has 0 radical (unpaired) electrons. The summed E-state index contributed by atoms with van der Waals surface area (Å²) in [5.74, 6) is 0.388. The van der Waals surface area contributed by atoms with Crippen molar-refractivity contribution in [3.05, 3.63) is 83.8 Å². The average molecular weight is 378 g/mol. The van der Waals surface area contributed by atoms with Crippen molar-refractivity contribution >= 4 is 35.0 Å². The van der Waals surface area contributed by atoms with E-state index in [1.165, 1.54) is 6.26 Å². The molecule has 1 aliphatic rings. The van der Waals surface area contributed by atoms with Gasteiger partial charge in [0.2, 0.25) is 5.91 Å². The number of hydrogen-bond acceptors (Lipinski definition) is 4. The van der Waals surface area contributed by atoms with Crippen LogP contribution in [0.5, 0.6) is 0 Å². The standard InChI is InChI=1S/C21H18N2O3S/c1-14-8-10-15(11-9-14)23-19(24)13-27-21(23)16-5-2-3-6-17(16)22-20(25)18-7-4-12-26-18/h2-12,21H,13H2,1H3,(H,22,25)/t21-/m0/s1. The Morgan fingerprint density at radius 3 is 2.63 bits per heavy atom. The molecule has 1 saturated heterocycles. The van der Waals surface area contributed by atoms with Crippen LogP contribution >= 0.6 is 11.8 Å². The van der Waals surface area contributed by atoms with Crippen LogP contribution in [0.1, 0.15) is 27.1 Å². The Balaban J connectivity index is 1.67. The third kappa shape index (κ3) is 3.48. The van der Waals surface area contributed by atoms with Crippen molar-refractivity contribution in [3.8, 4) is 0 Å². The van der Waals surface area contributed by atoms with Crippen LogP contribution in [0.2, 0.25) is 0 Å². The van der Waals surface area contributed by atoms with Gasteiger partial charge in [0.15, 0.2) is 5.76 Å². The van der Waals surface area contributed by atoms with Gasteiger partial charge in [0.05, 0.1) is 12.0 Å². The van der Waals surface area contributed by atoms with Gasteiger partial charge >= 0.3 is 0 Å². The molecule has 0 saturated carbocycles. The molecule has 4 rings (SSSR count). The zero-order valence-corrected chi connectivity index (χ0v) is 15.5. The molecule has 1 aliphatic heterocycles. The minimum Gasteiger partial charge on any atom is -0.459 e. The van der Waals surface area contributed by atoms with Crippen LogP contribution in [0.4, 0.5) is 11.4 Å². The van der Waals surface area contributed by atoms with Crippen molar-refractivity contribution in [1.82, 2.24) is 0 Å². The zero-order valence-electron chi connectivity index (χ0n) is 14.7. The molecule has 0 bridgehead atoms. The van der Waals surface area contributed by atoms with E-state index in [-0.39, 0.29) is 22.9 Å². The highest BCUT2D eigenvalue weighted by Gasteiger charge is 2.35. The first kappa shape index (κ1) is 17.4. The number of aryl methyl sites for hydroxylation is 1. The maximum absolute atomic E-state index is 12.6. The number of carbonyl (C=O) groups excluding carboxylic acids is 2.